The first-order valence-electron chi connectivity index (χ1n) is 22.9. The van der Waals surface area contributed by atoms with Gasteiger partial charge in [0.1, 0.15) is 5.76 Å². The van der Waals surface area contributed by atoms with Gasteiger partial charge in [-0.05, 0) is 135 Å². The van der Waals surface area contributed by atoms with Crippen molar-refractivity contribution in [3.05, 3.63) is 92.1 Å². The van der Waals surface area contributed by atoms with Crippen LogP contribution in [0.3, 0.4) is 0 Å². The SMILES string of the molecule is C.CCC(C)(C)C.CCCCCC1=C(CCC(C)(C)C)C(O)=C(C/C=C(\C)CCC=C(C)C)C(=O)C1=O.CCCCCC1=CC(=O)C(C/C=C(\C)CCC=C(C)C)=C(O)C1=O. The fourth-order valence-corrected chi connectivity index (χ4v) is 6.22. The summed E-state index contributed by atoms with van der Waals surface area (Å²) in [6, 6.07) is 0. The van der Waals surface area contributed by atoms with Gasteiger partial charge in [-0.2, -0.15) is 0 Å². The van der Waals surface area contributed by atoms with Gasteiger partial charge in [0.05, 0.1) is 0 Å². The van der Waals surface area contributed by atoms with E-state index < -0.39 is 11.6 Å². The molecule has 346 valence electrons. The number of allylic oxidation sites excluding steroid dienone is 14. The molecule has 0 saturated carbocycles. The summed E-state index contributed by atoms with van der Waals surface area (Å²) in [7, 11) is 0. The average molecular weight is 847 g/mol. The highest BCUT2D eigenvalue weighted by Crippen LogP contribution is 2.35. The molecule has 6 heteroatoms. The van der Waals surface area contributed by atoms with Gasteiger partial charge >= 0.3 is 0 Å². The van der Waals surface area contributed by atoms with Crippen molar-refractivity contribution in [2.45, 2.75) is 220 Å². The molecule has 0 aliphatic heterocycles. The molecule has 0 aromatic heterocycles. The van der Waals surface area contributed by atoms with Crippen molar-refractivity contribution >= 4 is 23.1 Å². The zero-order valence-corrected chi connectivity index (χ0v) is 40.9. The van der Waals surface area contributed by atoms with Gasteiger partial charge in [-0.25, -0.2) is 0 Å². The Labute approximate surface area is 374 Å². The van der Waals surface area contributed by atoms with Gasteiger partial charge < -0.3 is 10.2 Å². The molecule has 0 aromatic rings. The van der Waals surface area contributed by atoms with Gasteiger partial charge in [-0.3, -0.25) is 19.2 Å². The number of aliphatic hydroxyl groups excluding tert-OH is 2. The third-order valence-electron chi connectivity index (χ3n) is 10.8. The maximum atomic E-state index is 12.9. The first-order valence-corrected chi connectivity index (χ1v) is 22.9. The number of carbonyl (C=O) groups excluding carboxylic acids is 4. The second-order valence-corrected chi connectivity index (χ2v) is 19.7. The zero-order valence-electron chi connectivity index (χ0n) is 40.9. The van der Waals surface area contributed by atoms with Crippen LogP contribution >= 0.6 is 0 Å². The lowest BCUT2D eigenvalue weighted by Gasteiger charge is -2.24. The fourth-order valence-electron chi connectivity index (χ4n) is 6.22. The van der Waals surface area contributed by atoms with Gasteiger partial charge in [0.15, 0.2) is 11.5 Å². The number of aliphatic hydroxyl groups is 2. The van der Waals surface area contributed by atoms with Crippen LogP contribution < -0.4 is 0 Å². The summed E-state index contributed by atoms with van der Waals surface area (Å²) in [6.45, 7) is 31.9. The fraction of sp³-hybridized carbons (Fsp3) is 0.636. The van der Waals surface area contributed by atoms with Gasteiger partial charge in [-0.15, -0.1) is 0 Å². The Kier molecular flexibility index (Phi) is 29.4. The van der Waals surface area contributed by atoms with Crippen molar-refractivity contribution < 1.29 is 29.4 Å². The molecule has 0 aromatic carbocycles. The van der Waals surface area contributed by atoms with E-state index in [-0.39, 0.29) is 47.1 Å². The summed E-state index contributed by atoms with van der Waals surface area (Å²) < 4.78 is 0. The quantitative estimate of drug-likeness (QED) is 0.0415. The van der Waals surface area contributed by atoms with Crippen LogP contribution in [0.25, 0.3) is 0 Å². The van der Waals surface area contributed by atoms with Crippen molar-refractivity contribution in [2.24, 2.45) is 10.8 Å². The van der Waals surface area contributed by atoms with Gasteiger partial charge in [0.25, 0.3) is 0 Å². The molecule has 2 rings (SSSR count). The molecule has 0 heterocycles. The van der Waals surface area contributed by atoms with Crippen LogP contribution in [0.4, 0.5) is 0 Å². The van der Waals surface area contributed by atoms with E-state index in [1.54, 1.807) is 0 Å². The Morgan fingerprint density at radius 2 is 0.984 bits per heavy atom. The van der Waals surface area contributed by atoms with E-state index >= 15 is 0 Å². The minimum atomic E-state index is -0.521. The molecule has 0 radical (unpaired) electrons. The predicted octanol–water partition coefficient (Wildman–Crippen LogP) is 16.4. The van der Waals surface area contributed by atoms with Crippen LogP contribution in [0.2, 0.25) is 0 Å². The van der Waals surface area contributed by atoms with Gasteiger partial charge in [0, 0.05) is 27.9 Å². The molecule has 61 heavy (non-hydrogen) atoms. The molecule has 0 spiro atoms. The summed E-state index contributed by atoms with van der Waals surface area (Å²) in [6.07, 6.45) is 23.9. The topological polar surface area (TPSA) is 109 Å². The number of ketones is 4. The molecule has 0 unspecified atom stereocenters. The normalized spacial score (nSPS) is 15.2. The number of hydrogen-bond donors (Lipinski definition) is 2. The molecular formula is C55H90O6. The monoisotopic (exact) mass is 847 g/mol. The summed E-state index contributed by atoms with van der Waals surface area (Å²) >= 11 is 0. The van der Waals surface area contributed by atoms with Crippen molar-refractivity contribution in [3.8, 4) is 0 Å². The van der Waals surface area contributed by atoms with Crippen LogP contribution in [0, 0.1) is 10.8 Å². The van der Waals surface area contributed by atoms with E-state index in [1.807, 2.05) is 26.0 Å². The first-order chi connectivity index (χ1) is 27.9. The van der Waals surface area contributed by atoms with Crippen LogP contribution in [-0.2, 0) is 19.2 Å². The predicted molar refractivity (Wildman–Crippen MR) is 262 cm³/mol. The van der Waals surface area contributed by atoms with Crippen LogP contribution in [0.1, 0.15) is 220 Å². The molecule has 2 aliphatic carbocycles. The minimum Gasteiger partial charge on any atom is -0.507 e. The highest BCUT2D eigenvalue weighted by Gasteiger charge is 2.34. The summed E-state index contributed by atoms with van der Waals surface area (Å²) in [5, 5.41) is 21.1. The maximum Gasteiger partial charge on any atom is 0.233 e. The van der Waals surface area contributed by atoms with Crippen molar-refractivity contribution in [2.75, 3.05) is 0 Å². The highest BCUT2D eigenvalue weighted by atomic mass is 16.3. The summed E-state index contributed by atoms with van der Waals surface area (Å²) in [4.78, 5) is 50.2. The lowest BCUT2D eigenvalue weighted by atomic mass is 9.80. The molecule has 0 fully saturated rings. The largest absolute Gasteiger partial charge is 0.507 e. The smallest absolute Gasteiger partial charge is 0.233 e. The first kappa shape index (κ1) is 59.3. The molecule has 0 bridgehead atoms. The molecule has 0 saturated heterocycles. The van der Waals surface area contributed by atoms with E-state index in [4.69, 9.17) is 0 Å². The van der Waals surface area contributed by atoms with E-state index in [0.29, 0.717) is 54.2 Å². The Hall–Kier alpha value is -3.80. The van der Waals surface area contributed by atoms with Gasteiger partial charge in [-0.1, -0.05) is 148 Å². The molecule has 0 atom stereocenters. The van der Waals surface area contributed by atoms with E-state index in [0.717, 1.165) is 76.2 Å². The standard InChI is InChI=1S/C27H42O3.C21H30O3.C6H14.CH4/c1-8-9-10-14-21-22(17-18-27(5,6)7)24(28)23(26(30)25(21)29)16-15-20(4)13-11-12-19(2)3;1-5-6-7-11-17-14-19(22)18(21(24)20(17)23)13-12-16(4)10-8-9-15(2)3;1-5-6(2,3)4;/h12,15,28H,8-11,13-14,16-18H2,1-7H3;9,12,14,24H,5-8,10-11,13H2,1-4H3;5H2,1-4H3;1H4/b20-15+;16-12+;;. The van der Waals surface area contributed by atoms with Crippen molar-refractivity contribution in [1.29, 1.82) is 0 Å². The number of hydrogen-bond acceptors (Lipinski definition) is 6. The third kappa shape index (κ3) is 25.0. The van der Waals surface area contributed by atoms with Crippen LogP contribution in [-0.4, -0.2) is 33.3 Å². The van der Waals surface area contributed by atoms with E-state index in [2.05, 4.69) is 102 Å². The molecule has 6 nitrogen and oxygen atoms in total. The number of Topliss-reactive ketones (excluding diaryl/α,β-unsaturated/α-hetero) is 3. The van der Waals surface area contributed by atoms with Gasteiger partial charge in [0.2, 0.25) is 17.3 Å². The number of carbonyl (C=O) groups is 4. The Morgan fingerprint density at radius 1 is 0.541 bits per heavy atom. The Bertz CT molecular complexity index is 1690. The zero-order chi connectivity index (χ0) is 46.2. The third-order valence-corrected chi connectivity index (χ3v) is 10.8. The minimum absolute atomic E-state index is 0. The number of rotatable bonds is 20. The highest BCUT2D eigenvalue weighted by molar-refractivity contribution is 6.50. The Balaban J connectivity index is 0. The lowest BCUT2D eigenvalue weighted by molar-refractivity contribution is -0.132. The van der Waals surface area contributed by atoms with E-state index in [9.17, 15) is 29.4 Å². The summed E-state index contributed by atoms with van der Waals surface area (Å²) in [5.74, 6) is -1.83. The van der Waals surface area contributed by atoms with Crippen molar-refractivity contribution in [3.63, 3.8) is 0 Å². The second-order valence-electron chi connectivity index (χ2n) is 19.7. The lowest BCUT2D eigenvalue weighted by Crippen LogP contribution is -2.27. The average Bonchev–Trinajstić information content (AvgIpc) is 3.15. The number of unbranched alkanes of at least 4 members (excludes halogenated alkanes) is 4. The second kappa shape index (κ2) is 30.3. The van der Waals surface area contributed by atoms with Crippen molar-refractivity contribution in [1.82, 2.24) is 0 Å². The molecule has 2 aliphatic rings. The Morgan fingerprint density at radius 3 is 1.41 bits per heavy atom. The summed E-state index contributed by atoms with van der Waals surface area (Å²) in [5.41, 5.74) is 7.72. The maximum absolute atomic E-state index is 12.9. The van der Waals surface area contributed by atoms with Crippen LogP contribution in [0.5, 0.6) is 0 Å². The molecular weight excluding hydrogens is 757 g/mol. The molecule has 0 amide bonds. The molecule has 2 N–H and O–H groups in total. The van der Waals surface area contributed by atoms with E-state index in [1.165, 1.54) is 29.2 Å². The van der Waals surface area contributed by atoms with Crippen LogP contribution in [0.15, 0.2) is 92.1 Å².